The molecule has 0 aliphatic heterocycles. The van der Waals surface area contributed by atoms with Gasteiger partial charge in [0.2, 0.25) is 0 Å². The molecule has 3 amide bonds. The van der Waals surface area contributed by atoms with Crippen LogP contribution in [0.1, 0.15) is 39.9 Å². The first-order valence-corrected chi connectivity index (χ1v) is 10.6. The Morgan fingerprint density at radius 3 is 2.32 bits per heavy atom. The van der Waals surface area contributed by atoms with Crippen molar-refractivity contribution in [3.63, 3.8) is 0 Å². The molecule has 4 N–H and O–H groups in total. The van der Waals surface area contributed by atoms with Crippen LogP contribution in [-0.2, 0) is 4.79 Å². The molecule has 0 spiro atoms. The van der Waals surface area contributed by atoms with E-state index in [4.69, 9.17) is 5.11 Å². The van der Waals surface area contributed by atoms with E-state index in [1.165, 1.54) is 11.3 Å². The van der Waals surface area contributed by atoms with Crippen LogP contribution in [0, 0.1) is 20.8 Å². The first-order chi connectivity index (χ1) is 14.7. The van der Waals surface area contributed by atoms with E-state index in [0.29, 0.717) is 29.1 Å². The standard InChI is InChI=1S/C22H22N4O4S/c1-11-8-12(2)17(13(3)9-11)24-18(27)14-4-5-15-16(10-14)31-20(23-15)25-19(28)22(6-7-22)26-21(29)30/h4-5,8-10,26H,6-7H2,1-3H3,(H,24,27)(H,29,30)(H,23,25,28). The SMILES string of the molecule is Cc1cc(C)c(NC(=O)c2ccc3nc(NC(=O)C4(NC(=O)O)CC4)sc3c2)c(C)c1. The maximum Gasteiger partial charge on any atom is 0.405 e. The van der Waals surface area contributed by atoms with E-state index in [1.807, 2.05) is 32.9 Å². The van der Waals surface area contributed by atoms with Crippen LogP contribution in [0.4, 0.5) is 15.6 Å². The molecule has 2 aromatic carbocycles. The van der Waals surface area contributed by atoms with Crippen molar-refractivity contribution >= 4 is 50.3 Å². The summed E-state index contributed by atoms with van der Waals surface area (Å²) in [7, 11) is 0. The van der Waals surface area contributed by atoms with Crippen molar-refractivity contribution in [3.8, 4) is 0 Å². The van der Waals surface area contributed by atoms with Crippen LogP contribution in [0.25, 0.3) is 10.2 Å². The fourth-order valence-electron chi connectivity index (χ4n) is 3.64. The highest BCUT2D eigenvalue weighted by atomic mass is 32.1. The van der Waals surface area contributed by atoms with Crippen LogP contribution < -0.4 is 16.0 Å². The lowest BCUT2D eigenvalue weighted by Crippen LogP contribution is -2.45. The Hall–Kier alpha value is -3.46. The molecule has 1 aliphatic rings. The third-order valence-corrected chi connectivity index (χ3v) is 6.25. The monoisotopic (exact) mass is 438 g/mol. The van der Waals surface area contributed by atoms with E-state index in [1.54, 1.807) is 18.2 Å². The van der Waals surface area contributed by atoms with Crippen molar-refractivity contribution < 1.29 is 19.5 Å². The number of hydrogen-bond donors (Lipinski definition) is 4. The molecule has 9 heteroatoms. The zero-order valence-electron chi connectivity index (χ0n) is 17.3. The summed E-state index contributed by atoms with van der Waals surface area (Å²) >= 11 is 1.24. The number of thiazole rings is 1. The average Bonchev–Trinajstić information content (AvgIpc) is 3.34. The summed E-state index contributed by atoms with van der Waals surface area (Å²) in [5.74, 6) is -0.643. The summed E-state index contributed by atoms with van der Waals surface area (Å²) in [6, 6.07) is 9.20. The summed E-state index contributed by atoms with van der Waals surface area (Å²) in [4.78, 5) is 40.5. The van der Waals surface area contributed by atoms with Gasteiger partial charge in [0.25, 0.3) is 11.8 Å². The molecule has 4 rings (SSSR count). The molecule has 1 aromatic heterocycles. The number of amides is 3. The number of anilines is 2. The number of nitrogens with one attached hydrogen (secondary N) is 3. The Bertz CT molecular complexity index is 1210. The van der Waals surface area contributed by atoms with Crippen molar-refractivity contribution in [1.29, 1.82) is 0 Å². The van der Waals surface area contributed by atoms with Crippen LogP contribution in [-0.4, -0.2) is 33.5 Å². The van der Waals surface area contributed by atoms with E-state index in [0.717, 1.165) is 27.1 Å². The molecule has 3 aromatic rings. The Morgan fingerprint density at radius 2 is 1.71 bits per heavy atom. The molecule has 0 saturated heterocycles. The van der Waals surface area contributed by atoms with E-state index in [2.05, 4.69) is 20.9 Å². The van der Waals surface area contributed by atoms with Gasteiger partial charge in [0, 0.05) is 11.3 Å². The van der Waals surface area contributed by atoms with Crippen molar-refractivity contribution in [3.05, 3.63) is 52.6 Å². The number of aryl methyl sites for hydroxylation is 3. The molecule has 1 heterocycles. The van der Waals surface area contributed by atoms with Crippen LogP contribution >= 0.6 is 11.3 Å². The third kappa shape index (κ3) is 4.22. The topological polar surface area (TPSA) is 120 Å². The Labute approximate surface area is 182 Å². The molecule has 0 bridgehead atoms. The largest absolute Gasteiger partial charge is 0.465 e. The lowest BCUT2D eigenvalue weighted by atomic mass is 10.0. The van der Waals surface area contributed by atoms with Gasteiger partial charge in [0.15, 0.2) is 5.13 Å². The molecule has 1 saturated carbocycles. The Kier molecular flexibility index (Phi) is 5.14. The highest BCUT2D eigenvalue weighted by Crippen LogP contribution is 2.37. The number of rotatable bonds is 5. The smallest absolute Gasteiger partial charge is 0.405 e. The predicted molar refractivity (Wildman–Crippen MR) is 120 cm³/mol. The molecule has 0 radical (unpaired) electrons. The van der Waals surface area contributed by atoms with Gasteiger partial charge in [-0.25, -0.2) is 9.78 Å². The molecular weight excluding hydrogens is 416 g/mol. The molecule has 31 heavy (non-hydrogen) atoms. The van der Waals surface area contributed by atoms with Gasteiger partial charge in [-0.3, -0.25) is 14.9 Å². The minimum Gasteiger partial charge on any atom is -0.465 e. The molecule has 0 unspecified atom stereocenters. The average molecular weight is 439 g/mol. The zero-order valence-corrected chi connectivity index (χ0v) is 18.1. The third-order valence-electron chi connectivity index (χ3n) is 5.32. The lowest BCUT2D eigenvalue weighted by Gasteiger charge is -2.13. The quantitative estimate of drug-likeness (QED) is 0.475. The second kappa shape index (κ2) is 7.66. The summed E-state index contributed by atoms with van der Waals surface area (Å²) in [5.41, 5.74) is 4.00. The normalized spacial score (nSPS) is 14.2. The first kappa shape index (κ1) is 20.8. The van der Waals surface area contributed by atoms with Gasteiger partial charge in [-0.05, 0) is 62.9 Å². The number of carbonyl (C=O) groups excluding carboxylic acids is 2. The summed E-state index contributed by atoms with van der Waals surface area (Å²) in [6.07, 6.45) is -0.317. The van der Waals surface area contributed by atoms with E-state index in [-0.39, 0.29) is 5.91 Å². The summed E-state index contributed by atoms with van der Waals surface area (Å²) in [6.45, 7) is 5.94. The van der Waals surface area contributed by atoms with Crippen molar-refractivity contribution in [2.24, 2.45) is 0 Å². The minimum absolute atomic E-state index is 0.224. The zero-order chi connectivity index (χ0) is 22.3. The molecule has 8 nitrogen and oxygen atoms in total. The second-order valence-corrected chi connectivity index (χ2v) is 8.93. The van der Waals surface area contributed by atoms with Gasteiger partial charge in [-0.15, -0.1) is 0 Å². The van der Waals surface area contributed by atoms with Crippen LogP contribution in [0.15, 0.2) is 30.3 Å². The molecule has 0 atom stereocenters. The molecule has 1 fully saturated rings. The van der Waals surface area contributed by atoms with Crippen molar-refractivity contribution in [2.45, 2.75) is 39.2 Å². The number of carboxylic acid groups (broad SMARTS) is 1. The Morgan fingerprint density at radius 1 is 1.03 bits per heavy atom. The van der Waals surface area contributed by atoms with Crippen LogP contribution in [0.5, 0.6) is 0 Å². The fraction of sp³-hybridized carbons (Fsp3) is 0.273. The maximum atomic E-state index is 12.8. The van der Waals surface area contributed by atoms with Gasteiger partial charge in [0.05, 0.1) is 10.2 Å². The van der Waals surface area contributed by atoms with E-state index >= 15 is 0 Å². The van der Waals surface area contributed by atoms with Gasteiger partial charge in [-0.2, -0.15) is 0 Å². The van der Waals surface area contributed by atoms with E-state index < -0.39 is 17.5 Å². The fourth-order valence-corrected chi connectivity index (χ4v) is 4.54. The highest BCUT2D eigenvalue weighted by Gasteiger charge is 2.51. The van der Waals surface area contributed by atoms with Gasteiger partial charge in [-0.1, -0.05) is 29.0 Å². The van der Waals surface area contributed by atoms with Crippen molar-refractivity contribution in [1.82, 2.24) is 10.3 Å². The first-order valence-electron chi connectivity index (χ1n) is 9.79. The number of hydrogen-bond acceptors (Lipinski definition) is 5. The maximum absolute atomic E-state index is 12.8. The lowest BCUT2D eigenvalue weighted by molar-refractivity contribution is -0.119. The molecular formula is C22H22N4O4S. The minimum atomic E-state index is -1.23. The second-order valence-electron chi connectivity index (χ2n) is 7.90. The Balaban J connectivity index is 1.52. The van der Waals surface area contributed by atoms with Gasteiger partial charge < -0.3 is 15.7 Å². The summed E-state index contributed by atoms with van der Waals surface area (Å²) < 4.78 is 0.747. The molecule has 160 valence electrons. The van der Waals surface area contributed by atoms with Crippen LogP contribution in [0.2, 0.25) is 0 Å². The van der Waals surface area contributed by atoms with Gasteiger partial charge in [0.1, 0.15) is 5.54 Å². The van der Waals surface area contributed by atoms with Gasteiger partial charge >= 0.3 is 6.09 Å². The number of carbonyl (C=O) groups is 3. The summed E-state index contributed by atoms with van der Waals surface area (Å²) in [5, 5.41) is 17.2. The van der Waals surface area contributed by atoms with E-state index in [9.17, 15) is 14.4 Å². The predicted octanol–water partition coefficient (Wildman–Crippen LogP) is 4.21. The molecule has 1 aliphatic carbocycles. The number of nitrogens with zero attached hydrogens (tertiary/aromatic N) is 1. The highest BCUT2D eigenvalue weighted by molar-refractivity contribution is 7.22. The number of benzene rings is 2. The van der Waals surface area contributed by atoms with Crippen LogP contribution in [0.3, 0.4) is 0 Å². The number of aromatic nitrogens is 1. The van der Waals surface area contributed by atoms with Crippen molar-refractivity contribution in [2.75, 3.05) is 10.6 Å². The number of fused-ring (bicyclic) bond motifs is 1.